The van der Waals surface area contributed by atoms with Gasteiger partial charge in [-0.3, -0.25) is 9.59 Å². The fourth-order valence-electron chi connectivity index (χ4n) is 4.47. The molecule has 2 amide bonds. The Morgan fingerprint density at radius 1 is 1.03 bits per heavy atom. The van der Waals surface area contributed by atoms with E-state index in [2.05, 4.69) is 24.3 Å². The van der Waals surface area contributed by atoms with Crippen LogP contribution in [0.4, 0.5) is 0 Å². The highest BCUT2D eigenvalue weighted by atomic mass is 16.5. The van der Waals surface area contributed by atoms with Crippen molar-refractivity contribution in [3.8, 4) is 11.4 Å². The lowest BCUT2D eigenvalue weighted by molar-refractivity contribution is -0.139. The number of ether oxygens (including phenoxy) is 1. The molecule has 34 heavy (non-hydrogen) atoms. The maximum Gasteiger partial charge on any atom is 0.260 e. The summed E-state index contributed by atoms with van der Waals surface area (Å²) in [5, 5.41) is 7.32. The highest BCUT2D eigenvalue weighted by molar-refractivity contribution is 5.94. The van der Waals surface area contributed by atoms with E-state index in [4.69, 9.17) is 4.74 Å². The van der Waals surface area contributed by atoms with E-state index in [0.717, 1.165) is 30.5 Å². The normalized spacial score (nSPS) is 17.9. The number of likely N-dealkylation sites (tertiary alicyclic amines) is 1. The molecule has 0 bridgehead atoms. The van der Waals surface area contributed by atoms with Crippen LogP contribution in [0, 0.1) is 0 Å². The molecule has 4 rings (SSSR count). The summed E-state index contributed by atoms with van der Waals surface area (Å²) >= 11 is 0. The molecular weight excluding hydrogens is 428 g/mol. The number of rotatable bonds is 8. The van der Waals surface area contributed by atoms with Crippen molar-refractivity contribution in [3.05, 3.63) is 78.1 Å². The fraction of sp³-hybridized carbons (Fsp3) is 0.370. The quantitative estimate of drug-likeness (QED) is 0.551. The van der Waals surface area contributed by atoms with Gasteiger partial charge in [0, 0.05) is 30.4 Å². The predicted octanol–water partition coefficient (Wildman–Crippen LogP) is 4.01. The van der Waals surface area contributed by atoms with E-state index in [1.54, 1.807) is 24.3 Å². The molecular formula is C27H32N4O3. The molecule has 2 unspecified atom stereocenters. The molecule has 0 spiro atoms. The van der Waals surface area contributed by atoms with E-state index < -0.39 is 0 Å². The van der Waals surface area contributed by atoms with Gasteiger partial charge in [-0.25, -0.2) is 4.68 Å². The molecule has 1 saturated heterocycles. The summed E-state index contributed by atoms with van der Waals surface area (Å²) in [6.07, 6.45) is 7.71. The minimum Gasteiger partial charge on any atom is -0.484 e. The van der Waals surface area contributed by atoms with Gasteiger partial charge in [-0.15, -0.1) is 0 Å². The minimum absolute atomic E-state index is 0.0108. The second-order valence-corrected chi connectivity index (χ2v) is 8.88. The largest absolute Gasteiger partial charge is 0.484 e. The second-order valence-electron chi connectivity index (χ2n) is 8.88. The second kappa shape index (κ2) is 11.0. The maximum atomic E-state index is 12.6. The Labute approximate surface area is 200 Å². The Morgan fingerprint density at radius 2 is 1.74 bits per heavy atom. The summed E-state index contributed by atoms with van der Waals surface area (Å²) in [6.45, 7) is 4.71. The summed E-state index contributed by atoms with van der Waals surface area (Å²) in [7, 11) is 0. The average molecular weight is 461 g/mol. The van der Waals surface area contributed by atoms with Gasteiger partial charge in [-0.2, -0.15) is 5.10 Å². The third-order valence-electron chi connectivity index (χ3n) is 6.32. The summed E-state index contributed by atoms with van der Waals surface area (Å²) in [5.41, 5.74) is 2.61. The van der Waals surface area contributed by atoms with Gasteiger partial charge in [0.15, 0.2) is 6.61 Å². The monoisotopic (exact) mass is 460 g/mol. The number of para-hydroxylation sites is 1. The summed E-state index contributed by atoms with van der Waals surface area (Å²) in [5.74, 6) is 0.446. The van der Waals surface area contributed by atoms with Crippen molar-refractivity contribution in [1.29, 1.82) is 0 Å². The average Bonchev–Trinajstić information content (AvgIpc) is 3.32. The van der Waals surface area contributed by atoms with Crippen LogP contribution in [0.5, 0.6) is 5.75 Å². The lowest BCUT2D eigenvalue weighted by atomic mass is 9.97. The summed E-state index contributed by atoms with van der Waals surface area (Å²) in [4.78, 5) is 27.0. The number of hydrogen-bond acceptors (Lipinski definition) is 4. The van der Waals surface area contributed by atoms with Crippen molar-refractivity contribution in [2.45, 2.75) is 51.6 Å². The zero-order valence-electron chi connectivity index (χ0n) is 19.8. The first kappa shape index (κ1) is 23.5. The fourth-order valence-corrected chi connectivity index (χ4v) is 4.47. The predicted molar refractivity (Wildman–Crippen MR) is 131 cm³/mol. The van der Waals surface area contributed by atoms with E-state index in [1.807, 2.05) is 52.3 Å². The number of aromatic nitrogens is 2. The molecule has 1 aliphatic rings. The van der Waals surface area contributed by atoms with Crippen LogP contribution in [-0.2, 0) is 11.2 Å². The van der Waals surface area contributed by atoms with Gasteiger partial charge >= 0.3 is 0 Å². The van der Waals surface area contributed by atoms with Crippen LogP contribution in [0.15, 0.2) is 67.0 Å². The van der Waals surface area contributed by atoms with E-state index >= 15 is 0 Å². The van der Waals surface area contributed by atoms with E-state index in [1.165, 1.54) is 0 Å². The number of carbonyl (C=O) groups excluding carboxylic acids is 2. The van der Waals surface area contributed by atoms with Crippen LogP contribution in [0.1, 0.15) is 49.0 Å². The lowest BCUT2D eigenvalue weighted by Gasteiger charge is -2.38. The van der Waals surface area contributed by atoms with Gasteiger partial charge in [-0.05, 0) is 81.5 Å². The Morgan fingerprint density at radius 3 is 2.44 bits per heavy atom. The number of hydrogen-bond donors (Lipinski definition) is 1. The molecule has 7 heteroatoms. The van der Waals surface area contributed by atoms with Crippen LogP contribution in [0.25, 0.3) is 5.69 Å². The molecule has 0 saturated carbocycles. The lowest BCUT2D eigenvalue weighted by Crippen LogP contribution is -2.49. The van der Waals surface area contributed by atoms with Crippen LogP contribution >= 0.6 is 0 Å². The molecule has 1 N–H and O–H groups in total. The van der Waals surface area contributed by atoms with Gasteiger partial charge in [0.05, 0.1) is 11.9 Å². The van der Waals surface area contributed by atoms with E-state index in [-0.39, 0.29) is 30.5 Å². The number of nitrogens with one attached hydrogen (secondary N) is 1. The third-order valence-corrected chi connectivity index (χ3v) is 6.32. The number of nitrogens with zero attached hydrogens (tertiary/aromatic N) is 3. The first-order valence-electron chi connectivity index (χ1n) is 11.9. The topological polar surface area (TPSA) is 76.5 Å². The molecule has 3 aromatic rings. The van der Waals surface area contributed by atoms with Crippen LogP contribution in [0.3, 0.4) is 0 Å². The number of piperidine rings is 1. The standard InChI is InChI=1S/C27H32N4O3/c1-20-7-6-8-21(2)31(20)26(32)19-34-25-13-11-23(12-14-25)27(33)28-16-15-22-17-29-30(18-22)24-9-4-3-5-10-24/h3-5,9-14,17-18,20-21H,6-8,15-16,19H2,1-2H3,(H,28,33). The van der Waals surface area contributed by atoms with Gasteiger partial charge in [0.25, 0.3) is 11.8 Å². The van der Waals surface area contributed by atoms with Crippen molar-refractivity contribution < 1.29 is 14.3 Å². The Bertz CT molecular complexity index is 1080. The van der Waals surface area contributed by atoms with E-state index in [9.17, 15) is 9.59 Å². The van der Waals surface area contributed by atoms with Gasteiger partial charge in [0.1, 0.15) is 5.75 Å². The zero-order valence-corrected chi connectivity index (χ0v) is 19.8. The van der Waals surface area contributed by atoms with Crippen LogP contribution in [-0.4, -0.2) is 51.7 Å². The maximum absolute atomic E-state index is 12.6. The Hall–Kier alpha value is -3.61. The smallest absolute Gasteiger partial charge is 0.260 e. The van der Waals surface area contributed by atoms with Crippen molar-refractivity contribution in [2.75, 3.05) is 13.2 Å². The molecule has 1 fully saturated rings. The minimum atomic E-state index is -0.144. The molecule has 2 atom stereocenters. The molecule has 0 radical (unpaired) electrons. The first-order chi connectivity index (χ1) is 16.5. The van der Waals surface area contributed by atoms with Crippen LogP contribution < -0.4 is 10.1 Å². The number of carbonyl (C=O) groups is 2. The molecule has 1 aliphatic heterocycles. The SMILES string of the molecule is CC1CCCC(C)N1C(=O)COc1ccc(C(=O)NCCc2cnn(-c3ccccc3)c2)cc1. The number of benzene rings is 2. The highest BCUT2D eigenvalue weighted by Crippen LogP contribution is 2.23. The Balaban J connectivity index is 1.22. The van der Waals surface area contributed by atoms with Crippen molar-refractivity contribution in [2.24, 2.45) is 0 Å². The molecule has 0 aliphatic carbocycles. The van der Waals surface area contributed by atoms with Crippen molar-refractivity contribution in [3.63, 3.8) is 0 Å². The van der Waals surface area contributed by atoms with Crippen LogP contribution in [0.2, 0.25) is 0 Å². The van der Waals surface area contributed by atoms with Gasteiger partial charge in [0.2, 0.25) is 0 Å². The molecule has 2 aromatic carbocycles. The van der Waals surface area contributed by atoms with Crippen molar-refractivity contribution in [1.82, 2.24) is 20.0 Å². The Kier molecular flexibility index (Phi) is 7.62. The molecule has 178 valence electrons. The number of amides is 2. The first-order valence-corrected chi connectivity index (χ1v) is 11.9. The van der Waals surface area contributed by atoms with Gasteiger partial charge < -0.3 is 15.0 Å². The molecule has 7 nitrogen and oxygen atoms in total. The third kappa shape index (κ3) is 5.84. The summed E-state index contributed by atoms with van der Waals surface area (Å²) < 4.78 is 7.52. The zero-order chi connectivity index (χ0) is 23.9. The summed E-state index contributed by atoms with van der Waals surface area (Å²) in [6, 6.07) is 17.3. The highest BCUT2D eigenvalue weighted by Gasteiger charge is 2.28. The van der Waals surface area contributed by atoms with E-state index in [0.29, 0.717) is 24.3 Å². The molecule has 1 aromatic heterocycles. The van der Waals surface area contributed by atoms with Gasteiger partial charge in [-0.1, -0.05) is 18.2 Å². The van der Waals surface area contributed by atoms with Crippen molar-refractivity contribution >= 4 is 11.8 Å². The molecule has 2 heterocycles.